The second-order valence-corrected chi connectivity index (χ2v) is 5.90. The molecule has 0 radical (unpaired) electrons. The number of allylic oxidation sites excluding steroid dienone is 3. The van der Waals surface area contributed by atoms with Crippen LogP contribution in [-0.2, 0) is 0 Å². The van der Waals surface area contributed by atoms with Gasteiger partial charge in [0.25, 0.3) is 0 Å². The molecule has 0 saturated heterocycles. The van der Waals surface area contributed by atoms with Crippen molar-refractivity contribution in [1.29, 1.82) is 5.26 Å². The van der Waals surface area contributed by atoms with Crippen molar-refractivity contribution < 1.29 is 30.7 Å². The lowest BCUT2D eigenvalue weighted by molar-refractivity contribution is -0.337. The van der Waals surface area contributed by atoms with E-state index in [0.29, 0.717) is 11.8 Å². The largest absolute Gasteiger partial charge is 0.408 e. The number of hydrogen-bond acceptors (Lipinski definition) is 3. The average Bonchev–Trinajstić information content (AvgIpc) is 2.54. The standard InChI is InChI=1S/C17H14F7N3/c1-3-12-9(2)15(16(19,20)21,17(22,23)24)10(8-25)14(26)27(12)13-7-5-4-6-11(13)18/h3-7,9H,26H2,1-2H3. The summed E-state index contributed by atoms with van der Waals surface area (Å²) in [6.07, 6.45) is -10.7. The molecule has 0 spiro atoms. The first-order valence-electron chi connectivity index (χ1n) is 7.60. The minimum atomic E-state index is -5.87. The molecule has 10 heteroatoms. The fourth-order valence-corrected chi connectivity index (χ4v) is 3.45. The number of para-hydroxylation sites is 1. The Labute approximate surface area is 150 Å². The molecule has 0 aromatic heterocycles. The van der Waals surface area contributed by atoms with Crippen LogP contribution >= 0.6 is 0 Å². The van der Waals surface area contributed by atoms with Gasteiger partial charge in [0.1, 0.15) is 11.6 Å². The predicted molar refractivity (Wildman–Crippen MR) is 83.2 cm³/mol. The van der Waals surface area contributed by atoms with Crippen molar-refractivity contribution in [3.05, 3.63) is 53.2 Å². The zero-order valence-corrected chi connectivity index (χ0v) is 14.1. The van der Waals surface area contributed by atoms with Crippen molar-refractivity contribution >= 4 is 5.69 Å². The SMILES string of the molecule is CC=C1C(C)C(C(F)(F)F)(C(F)(F)F)C(C#N)=C(N)N1c1ccccc1F. The van der Waals surface area contributed by atoms with Gasteiger partial charge in [0.15, 0.2) is 0 Å². The first-order valence-corrected chi connectivity index (χ1v) is 7.60. The zero-order chi connectivity index (χ0) is 20.8. The van der Waals surface area contributed by atoms with E-state index in [1.54, 1.807) is 0 Å². The fraction of sp³-hybridized carbons (Fsp3) is 0.353. The molecule has 0 saturated carbocycles. The second-order valence-electron chi connectivity index (χ2n) is 5.90. The van der Waals surface area contributed by atoms with Gasteiger partial charge in [0.05, 0.1) is 17.3 Å². The van der Waals surface area contributed by atoms with Crippen LogP contribution in [-0.4, -0.2) is 12.4 Å². The van der Waals surface area contributed by atoms with Gasteiger partial charge in [-0.2, -0.15) is 31.6 Å². The van der Waals surface area contributed by atoms with Crippen LogP contribution in [0.25, 0.3) is 0 Å². The van der Waals surface area contributed by atoms with Crippen molar-refractivity contribution in [2.45, 2.75) is 26.2 Å². The summed E-state index contributed by atoms with van der Waals surface area (Å²) in [7, 11) is 0. The first-order chi connectivity index (χ1) is 12.4. The van der Waals surface area contributed by atoms with E-state index >= 15 is 0 Å². The molecule has 1 aromatic rings. The molecule has 2 rings (SSSR count). The monoisotopic (exact) mass is 393 g/mol. The molecular formula is C17H14F7N3. The van der Waals surface area contributed by atoms with Gasteiger partial charge in [-0.05, 0) is 19.1 Å². The van der Waals surface area contributed by atoms with Crippen LogP contribution in [0.15, 0.2) is 47.4 Å². The molecule has 1 aliphatic rings. The maximum atomic E-state index is 14.2. The normalized spacial score (nSPS) is 22.1. The predicted octanol–water partition coefficient (Wildman–Crippen LogP) is 4.99. The molecule has 146 valence electrons. The lowest BCUT2D eigenvalue weighted by Gasteiger charge is -2.49. The number of anilines is 1. The van der Waals surface area contributed by atoms with E-state index < -0.39 is 46.6 Å². The zero-order valence-electron chi connectivity index (χ0n) is 14.1. The molecule has 1 aliphatic heterocycles. The van der Waals surface area contributed by atoms with E-state index in [-0.39, 0.29) is 5.69 Å². The Morgan fingerprint density at radius 1 is 1.15 bits per heavy atom. The maximum Gasteiger partial charge on any atom is 0.408 e. The molecule has 2 N–H and O–H groups in total. The van der Waals surface area contributed by atoms with Gasteiger partial charge in [-0.15, -0.1) is 0 Å². The van der Waals surface area contributed by atoms with Gasteiger partial charge in [-0.3, -0.25) is 4.90 Å². The topological polar surface area (TPSA) is 53.1 Å². The summed E-state index contributed by atoms with van der Waals surface area (Å²) < 4.78 is 96.9. The van der Waals surface area contributed by atoms with Gasteiger partial charge >= 0.3 is 12.4 Å². The third kappa shape index (κ3) is 2.72. The van der Waals surface area contributed by atoms with Crippen LogP contribution in [0.2, 0.25) is 0 Å². The number of alkyl halides is 6. The van der Waals surface area contributed by atoms with Crippen molar-refractivity contribution in [2.24, 2.45) is 17.1 Å². The van der Waals surface area contributed by atoms with E-state index in [9.17, 15) is 36.0 Å². The van der Waals surface area contributed by atoms with Crippen LogP contribution in [0, 0.1) is 28.5 Å². The van der Waals surface area contributed by atoms with E-state index in [4.69, 9.17) is 5.73 Å². The molecule has 27 heavy (non-hydrogen) atoms. The Morgan fingerprint density at radius 3 is 2.07 bits per heavy atom. The fourth-order valence-electron chi connectivity index (χ4n) is 3.45. The van der Waals surface area contributed by atoms with E-state index in [1.807, 2.05) is 0 Å². The Balaban J connectivity index is 2.99. The van der Waals surface area contributed by atoms with Crippen molar-refractivity contribution in [2.75, 3.05) is 4.90 Å². The number of halogens is 7. The van der Waals surface area contributed by atoms with Gasteiger partial charge in [0, 0.05) is 11.6 Å². The number of nitrogens with two attached hydrogens (primary N) is 1. The highest BCUT2D eigenvalue weighted by atomic mass is 19.4. The number of hydrogen-bond donors (Lipinski definition) is 1. The quantitative estimate of drug-likeness (QED) is 0.684. The summed E-state index contributed by atoms with van der Waals surface area (Å²) in [5.74, 6) is -4.33. The first kappa shape index (κ1) is 20.6. The number of nitrogens with zero attached hydrogens (tertiary/aromatic N) is 2. The minimum absolute atomic E-state index is 0.361. The lowest BCUT2D eigenvalue weighted by atomic mass is 9.65. The summed E-state index contributed by atoms with van der Waals surface area (Å²) in [5, 5.41) is 9.21. The Kier molecular flexibility index (Phi) is 4.94. The number of nitriles is 1. The minimum Gasteiger partial charge on any atom is -0.384 e. The summed E-state index contributed by atoms with van der Waals surface area (Å²) in [5.41, 5.74) is -1.51. The van der Waals surface area contributed by atoms with Crippen LogP contribution in [0.3, 0.4) is 0 Å². The molecule has 1 heterocycles. The third-order valence-corrected chi connectivity index (χ3v) is 4.64. The maximum absolute atomic E-state index is 14.2. The van der Waals surface area contributed by atoms with Gasteiger partial charge in [-0.1, -0.05) is 25.1 Å². The highest BCUT2D eigenvalue weighted by Gasteiger charge is 2.77. The average molecular weight is 393 g/mol. The van der Waals surface area contributed by atoms with Crippen LogP contribution in [0.5, 0.6) is 0 Å². The van der Waals surface area contributed by atoms with Crippen LogP contribution < -0.4 is 10.6 Å². The molecule has 0 fully saturated rings. The Morgan fingerprint density at radius 2 is 1.67 bits per heavy atom. The van der Waals surface area contributed by atoms with Crippen LogP contribution in [0.1, 0.15) is 13.8 Å². The van der Waals surface area contributed by atoms with Gasteiger partial charge in [0.2, 0.25) is 5.41 Å². The molecule has 1 atom stereocenters. The highest BCUT2D eigenvalue weighted by Crippen LogP contribution is 2.63. The summed E-state index contributed by atoms with van der Waals surface area (Å²) >= 11 is 0. The Hall–Kier alpha value is -2.70. The van der Waals surface area contributed by atoms with Crippen molar-refractivity contribution in [1.82, 2.24) is 0 Å². The molecule has 0 amide bonds. The summed E-state index contributed by atoms with van der Waals surface area (Å²) in [6, 6.07) is 5.72. The summed E-state index contributed by atoms with van der Waals surface area (Å²) in [4.78, 5) is 0.717. The van der Waals surface area contributed by atoms with Crippen LogP contribution in [0.4, 0.5) is 36.4 Å². The summed E-state index contributed by atoms with van der Waals surface area (Å²) in [6.45, 7) is 1.90. The second kappa shape index (κ2) is 6.48. The lowest BCUT2D eigenvalue weighted by Crippen LogP contribution is -2.61. The molecular weight excluding hydrogens is 379 g/mol. The smallest absolute Gasteiger partial charge is 0.384 e. The molecule has 0 aliphatic carbocycles. The molecule has 3 nitrogen and oxygen atoms in total. The number of rotatable bonds is 1. The molecule has 0 bridgehead atoms. The number of benzene rings is 1. The van der Waals surface area contributed by atoms with Crippen molar-refractivity contribution in [3.63, 3.8) is 0 Å². The van der Waals surface area contributed by atoms with Crippen molar-refractivity contribution in [3.8, 4) is 6.07 Å². The van der Waals surface area contributed by atoms with E-state index in [2.05, 4.69) is 0 Å². The van der Waals surface area contributed by atoms with E-state index in [0.717, 1.165) is 24.3 Å². The van der Waals surface area contributed by atoms with Gasteiger partial charge in [-0.25, -0.2) is 4.39 Å². The molecule has 1 unspecified atom stereocenters. The molecule has 1 aromatic carbocycles. The highest BCUT2D eigenvalue weighted by molar-refractivity contribution is 5.64. The third-order valence-electron chi connectivity index (χ3n) is 4.64. The van der Waals surface area contributed by atoms with Gasteiger partial charge < -0.3 is 5.73 Å². The Bertz CT molecular complexity index is 829. The van der Waals surface area contributed by atoms with E-state index in [1.165, 1.54) is 19.1 Å².